The third kappa shape index (κ3) is 3.64. The summed E-state index contributed by atoms with van der Waals surface area (Å²) in [5.74, 6) is -1.50. The fourth-order valence-corrected chi connectivity index (χ4v) is 6.84. The number of benzene rings is 1. The second-order valence-electron chi connectivity index (χ2n) is 8.83. The second kappa shape index (κ2) is 6.95. The highest BCUT2D eigenvalue weighted by Gasteiger charge is 2.55. The standard InChI is InChI=1S/C18H26N2O8S2/c1-18-7-6-11-10(12(18)4-5-14(18)22)3-2-9-8-13(21)16(27-29(19,23)24)17(15(9)11)28-30(20,25)26/h8,10-12,14,21-22H,2-7H2,1H3,(H2,19,23,24)(H2,20,25,26)/t10-,11-,12-,14-,18-/m0/s1. The molecular weight excluding hydrogens is 436 g/mol. The smallest absolute Gasteiger partial charge is 0.380 e. The number of nitrogens with two attached hydrogens (primary N) is 2. The summed E-state index contributed by atoms with van der Waals surface area (Å²) in [6.07, 6.45) is 3.89. The van der Waals surface area contributed by atoms with Gasteiger partial charge in [0.2, 0.25) is 5.75 Å². The van der Waals surface area contributed by atoms with Crippen molar-refractivity contribution in [3.05, 3.63) is 17.2 Å². The van der Waals surface area contributed by atoms with Crippen molar-refractivity contribution >= 4 is 20.6 Å². The van der Waals surface area contributed by atoms with Crippen LogP contribution in [0.25, 0.3) is 0 Å². The zero-order chi connectivity index (χ0) is 22.1. The third-order valence-electron chi connectivity index (χ3n) is 7.24. The normalized spacial score (nSPS) is 33.3. The molecule has 168 valence electrons. The molecule has 2 fully saturated rings. The van der Waals surface area contributed by atoms with Gasteiger partial charge in [0.15, 0.2) is 11.5 Å². The lowest BCUT2D eigenvalue weighted by Gasteiger charge is -2.50. The van der Waals surface area contributed by atoms with E-state index in [-0.39, 0.29) is 29.3 Å². The number of fused-ring (bicyclic) bond motifs is 5. The van der Waals surface area contributed by atoms with Gasteiger partial charge in [0.05, 0.1) is 6.10 Å². The lowest BCUT2D eigenvalue weighted by Crippen LogP contribution is -2.44. The van der Waals surface area contributed by atoms with E-state index < -0.39 is 37.9 Å². The first kappa shape index (κ1) is 21.6. The fourth-order valence-electron chi connectivity index (χ4n) is 6.04. The van der Waals surface area contributed by atoms with Crippen molar-refractivity contribution in [1.29, 1.82) is 0 Å². The molecular formula is C18H26N2O8S2. The van der Waals surface area contributed by atoms with Crippen molar-refractivity contribution in [3.63, 3.8) is 0 Å². The summed E-state index contributed by atoms with van der Waals surface area (Å²) in [7, 11) is -9.12. The Labute approximate surface area is 175 Å². The first-order valence-corrected chi connectivity index (χ1v) is 12.8. The summed E-state index contributed by atoms with van der Waals surface area (Å²) in [5, 5.41) is 30.9. The van der Waals surface area contributed by atoms with Crippen molar-refractivity contribution in [1.82, 2.24) is 0 Å². The van der Waals surface area contributed by atoms with E-state index in [1.165, 1.54) is 6.07 Å². The van der Waals surface area contributed by atoms with Gasteiger partial charge in [-0.1, -0.05) is 6.92 Å². The molecule has 4 rings (SSSR count). The molecule has 0 spiro atoms. The predicted molar refractivity (Wildman–Crippen MR) is 106 cm³/mol. The van der Waals surface area contributed by atoms with E-state index >= 15 is 0 Å². The molecule has 3 aliphatic rings. The second-order valence-corrected chi connectivity index (χ2v) is 11.1. The maximum Gasteiger partial charge on any atom is 0.380 e. The number of aryl methyl sites for hydroxylation is 1. The molecule has 0 aliphatic heterocycles. The lowest BCUT2D eigenvalue weighted by atomic mass is 9.55. The van der Waals surface area contributed by atoms with Gasteiger partial charge in [-0.15, -0.1) is 0 Å². The Morgan fingerprint density at radius 2 is 1.67 bits per heavy atom. The van der Waals surface area contributed by atoms with Crippen LogP contribution in [0.4, 0.5) is 0 Å². The van der Waals surface area contributed by atoms with Crippen LogP contribution in [-0.4, -0.2) is 33.2 Å². The van der Waals surface area contributed by atoms with Crippen molar-refractivity contribution in [3.8, 4) is 17.2 Å². The number of aliphatic hydroxyl groups excluding tert-OH is 1. The minimum absolute atomic E-state index is 0.142. The topological polar surface area (TPSA) is 179 Å². The van der Waals surface area contributed by atoms with Crippen molar-refractivity contribution < 1.29 is 35.4 Å². The van der Waals surface area contributed by atoms with E-state index in [9.17, 15) is 27.0 Å². The summed E-state index contributed by atoms with van der Waals surface area (Å²) in [6, 6.07) is 1.36. The van der Waals surface area contributed by atoms with Crippen LogP contribution in [0.3, 0.4) is 0 Å². The van der Waals surface area contributed by atoms with Crippen LogP contribution >= 0.6 is 0 Å². The molecule has 0 aromatic heterocycles. The van der Waals surface area contributed by atoms with Gasteiger partial charge in [0.1, 0.15) is 0 Å². The van der Waals surface area contributed by atoms with Gasteiger partial charge < -0.3 is 18.6 Å². The number of phenols is 1. The highest BCUT2D eigenvalue weighted by Crippen LogP contribution is 2.63. The zero-order valence-electron chi connectivity index (χ0n) is 16.4. The number of phenolic OH excluding ortho intramolecular Hbond substituents is 1. The van der Waals surface area contributed by atoms with E-state index in [4.69, 9.17) is 18.6 Å². The van der Waals surface area contributed by atoms with Crippen molar-refractivity contribution in [2.24, 2.45) is 27.5 Å². The Hall–Kier alpha value is -1.60. The molecule has 0 unspecified atom stereocenters. The summed E-state index contributed by atoms with van der Waals surface area (Å²) in [4.78, 5) is 0. The fraction of sp³-hybridized carbons (Fsp3) is 0.667. The average Bonchev–Trinajstić information content (AvgIpc) is 2.91. The first-order chi connectivity index (χ1) is 13.8. The molecule has 10 nitrogen and oxygen atoms in total. The van der Waals surface area contributed by atoms with Gasteiger partial charge in [-0.05, 0) is 73.3 Å². The van der Waals surface area contributed by atoms with E-state index in [2.05, 4.69) is 6.92 Å². The number of aliphatic hydroxyl groups is 1. The summed E-state index contributed by atoms with van der Waals surface area (Å²) >= 11 is 0. The van der Waals surface area contributed by atoms with Crippen LogP contribution in [0.1, 0.15) is 56.1 Å². The van der Waals surface area contributed by atoms with Crippen LogP contribution in [0.2, 0.25) is 0 Å². The highest BCUT2D eigenvalue weighted by molar-refractivity contribution is 7.85. The zero-order valence-corrected chi connectivity index (χ0v) is 18.1. The molecule has 0 bridgehead atoms. The molecule has 2 saturated carbocycles. The predicted octanol–water partition coefficient (Wildman–Crippen LogP) is 0.774. The van der Waals surface area contributed by atoms with Crippen LogP contribution in [0.15, 0.2) is 6.07 Å². The molecule has 0 heterocycles. The van der Waals surface area contributed by atoms with E-state index in [1.807, 2.05) is 0 Å². The Morgan fingerprint density at radius 3 is 2.30 bits per heavy atom. The van der Waals surface area contributed by atoms with Gasteiger partial charge in [0.25, 0.3) is 0 Å². The summed E-state index contributed by atoms with van der Waals surface area (Å²) in [5.41, 5.74) is 0.910. The van der Waals surface area contributed by atoms with Gasteiger partial charge in [-0.3, -0.25) is 0 Å². The Bertz CT molecular complexity index is 1090. The molecule has 0 saturated heterocycles. The number of hydrogen-bond donors (Lipinski definition) is 4. The van der Waals surface area contributed by atoms with E-state index in [1.54, 1.807) is 0 Å². The van der Waals surface area contributed by atoms with Crippen LogP contribution in [0.5, 0.6) is 17.2 Å². The minimum Gasteiger partial charge on any atom is -0.504 e. The van der Waals surface area contributed by atoms with Gasteiger partial charge in [-0.25, -0.2) is 0 Å². The minimum atomic E-state index is -4.57. The van der Waals surface area contributed by atoms with Crippen molar-refractivity contribution in [2.75, 3.05) is 0 Å². The highest BCUT2D eigenvalue weighted by atomic mass is 32.2. The maximum atomic E-state index is 11.8. The largest absolute Gasteiger partial charge is 0.504 e. The summed E-state index contributed by atoms with van der Waals surface area (Å²) in [6.45, 7) is 2.09. The van der Waals surface area contributed by atoms with Gasteiger partial charge in [0, 0.05) is 5.56 Å². The van der Waals surface area contributed by atoms with Gasteiger partial charge >= 0.3 is 20.6 Å². The quantitative estimate of drug-likeness (QED) is 0.506. The number of hydrogen-bond acceptors (Lipinski definition) is 8. The molecule has 1 aromatic rings. The van der Waals surface area contributed by atoms with Crippen LogP contribution in [0, 0.1) is 17.3 Å². The monoisotopic (exact) mass is 462 g/mol. The van der Waals surface area contributed by atoms with Crippen LogP contribution in [-0.2, 0) is 27.0 Å². The first-order valence-electron chi connectivity index (χ1n) is 9.81. The molecule has 6 N–H and O–H groups in total. The van der Waals surface area contributed by atoms with Crippen molar-refractivity contribution in [2.45, 2.75) is 57.5 Å². The van der Waals surface area contributed by atoms with E-state index in [0.717, 1.165) is 19.3 Å². The SMILES string of the molecule is C[C@]12CC[C@@H]3c4c(cc(O)c(OS(N)(=O)=O)c4OS(N)(=O)=O)CC[C@@H]3[C@@H]1CC[C@@H]2O. The lowest BCUT2D eigenvalue weighted by molar-refractivity contribution is -0.0228. The van der Waals surface area contributed by atoms with Crippen LogP contribution < -0.4 is 18.6 Å². The Morgan fingerprint density at radius 1 is 1.03 bits per heavy atom. The summed E-state index contributed by atoms with van der Waals surface area (Å²) < 4.78 is 56.2. The average molecular weight is 463 g/mol. The molecule has 30 heavy (non-hydrogen) atoms. The molecule has 0 radical (unpaired) electrons. The number of rotatable bonds is 4. The van der Waals surface area contributed by atoms with Gasteiger partial charge in [-0.2, -0.15) is 27.1 Å². The molecule has 1 aromatic carbocycles. The molecule has 0 amide bonds. The Balaban J connectivity index is 1.87. The number of aromatic hydroxyl groups is 1. The maximum absolute atomic E-state index is 11.8. The molecule has 5 atom stereocenters. The molecule has 3 aliphatic carbocycles. The Kier molecular flexibility index (Phi) is 5.01. The van der Waals surface area contributed by atoms with E-state index in [0.29, 0.717) is 30.4 Å². The third-order valence-corrected chi connectivity index (χ3v) is 8.04. The molecule has 12 heteroatoms.